The minimum Gasteiger partial charge on any atom is -0.223 e. The highest BCUT2D eigenvalue weighted by Crippen LogP contribution is 2.53. The number of hydrogen-bond donors (Lipinski definition) is 0. The summed E-state index contributed by atoms with van der Waals surface area (Å²) >= 11 is 0. The van der Waals surface area contributed by atoms with E-state index in [1.54, 1.807) is 24.3 Å². The molecule has 1 aliphatic rings. The number of nitrogens with zero attached hydrogens (tertiary/aromatic N) is 1. The Morgan fingerprint density at radius 1 is 0.909 bits per heavy atom. The Bertz CT molecular complexity index is 830. The summed E-state index contributed by atoms with van der Waals surface area (Å²) in [6.07, 6.45) is 0. The van der Waals surface area contributed by atoms with Crippen LogP contribution in [0.25, 0.3) is 0 Å². The van der Waals surface area contributed by atoms with Crippen molar-refractivity contribution in [2.45, 2.75) is 29.9 Å². The van der Waals surface area contributed by atoms with Gasteiger partial charge in [0.25, 0.3) is 0 Å². The van der Waals surface area contributed by atoms with Crippen LogP contribution in [-0.2, 0) is 9.84 Å². The number of sulfone groups is 1. The maximum atomic E-state index is 12.8. The van der Waals surface area contributed by atoms with E-state index >= 15 is 0 Å². The Balaban J connectivity index is 1.95. The van der Waals surface area contributed by atoms with Crippen molar-refractivity contribution in [1.82, 2.24) is 0 Å². The van der Waals surface area contributed by atoms with E-state index < -0.39 is 21.0 Å². The van der Waals surface area contributed by atoms with Crippen molar-refractivity contribution in [2.24, 2.45) is 5.92 Å². The van der Waals surface area contributed by atoms with E-state index in [9.17, 15) is 13.7 Å². The normalized spacial score (nSPS) is 23.8. The maximum absolute atomic E-state index is 12.8. The molecular formula is C18H17NO2S. The van der Waals surface area contributed by atoms with Crippen LogP contribution >= 0.6 is 0 Å². The molecule has 1 saturated carbocycles. The fourth-order valence-electron chi connectivity index (χ4n) is 2.89. The zero-order valence-electron chi connectivity index (χ0n) is 12.5. The van der Waals surface area contributed by atoms with Gasteiger partial charge in [0.15, 0.2) is 9.84 Å². The summed E-state index contributed by atoms with van der Waals surface area (Å²) in [6, 6.07) is 16.8. The molecule has 0 bridgehead atoms. The molecule has 112 valence electrons. The highest BCUT2D eigenvalue weighted by atomic mass is 32.2. The molecule has 3 rings (SSSR count). The SMILES string of the molecule is Cc1ccc([C@@H]2[C@@H](C#N)[C@H]2S(=O)(=O)c2ccc(C)cc2)cc1. The smallest absolute Gasteiger partial charge is 0.183 e. The van der Waals surface area contributed by atoms with E-state index in [0.29, 0.717) is 4.90 Å². The van der Waals surface area contributed by atoms with Crippen LogP contribution in [0.1, 0.15) is 22.6 Å². The predicted molar refractivity (Wildman–Crippen MR) is 85.2 cm³/mol. The van der Waals surface area contributed by atoms with E-state index in [2.05, 4.69) is 6.07 Å². The molecule has 1 fully saturated rings. The van der Waals surface area contributed by atoms with Crippen molar-refractivity contribution < 1.29 is 8.42 Å². The van der Waals surface area contributed by atoms with Crippen LogP contribution in [0, 0.1) is 31.1 Å². The fourth-order valence-corrected chi connectivity index (χ4v) is 4.96. The molecule has 0 N–H and O–H groups in total. The molecule has 3 atom stereocenters. The largest absolute Gasteiger partial charge is 0.223 e. The van der Waals surface area contributed by atoms with Gasteiger partial charge in [-0.25, -0.2) is 8.42 Å². The lowest BCUT2D eigenvalue weighted by atomic mass is 10.1. The maximum Gasteiger partial charge on any atom is 0.183 e. The summed E-state index contributed by atoms with van der Waals surface area (Å²) in [5.41, 5.74) is 3.07. The van der Waals surface area contributed by atoms with E-state index in [4.69, 9.17) is 0 Å². The molecule has 0 aromatic heterocycles. The van der Waals surface area contributed by atoms with Crippen molar-refractivity contribution in [3.8, 4) is 6.07 Å². The van der Waals surface area contributed by atoms with Crippen molar-refractivity contribution in [2.75, 3.05) is 0 Å². The summed E-state index contributed by atoms with van der Waals surface area (Å²) in [4.78, 5) is 0.304. The number of rotatable bonds is 3. The average molecular weight is 311 g/mol. The molecule has 1 aliphatic carbocycles. The van der Waals surface area contributed by atoms with Crippen LogP contribution in [0.3, 0.4) is 0 Å². The van der Waals surface area contributed by atoms with Crippen molar-refractivity contribution >= 4 is 9.84 Å². The average Bonchev–Trinajstić information content (AvgIpc) is 3.24. The minimum absolute atomic E-state index is 0.225. The van der Waals surface area contributed by atoms with Gasteiger partial charge >= 0.3 is 0 Å². The van der Waals surface area contributed by atoms with Crippen molar-refractivity contribution in [3.05, 3.63) is 65.2 Å². The van der Waals surface area contributed by atoms with Crippen LogP contribution < -0.4 is 0 Å². The first kappa shape index (κ1) is 14.8. The third-order valence-corrected chi connectivity index (χ3v) is 6.51. The second-order valence-corrected chi connectivity index (χ2v) is 8.02. The summed E-state index contributed by atoms with van der Waals surface area (Å²) in [6.45, 7) is 3.90. The summed E-state index contributed by atoms with van der Waals surface area (Å²) in [7, 11) is -3.47. The fraction of sp³-hybridized carbons (Fsp3) is 0.278. The molecule has 22 heavy (non-hydrogen) atoms. The van der Waals surface area contributed by atoms with Gasteiger partial charge in [0, 0.05) is 5.92 Å². The Kier molecular flexibility index (Phi) is 3.54. The Labute approximate surface area is 131 Å². The number of hydrogen-bond acceptors (Lipinski definition) is 3. The van der Waals surface area contributed by atoms with Crippen LogP contribution in [0.5, 0.6) is 0 Å². The van der Waals surface area contributed by atoms with Crippen LogP contribution in [0.15, 0.2) is 53.4 Å². The molecule has 0 amide bonds. The van der Waals surface area contributed by atoms with Crippen LogP contribution in [0.4, 0.5) is 0 Å². The predicted octanol–water partition coefficient (Wildman–Crippen LogP) is 3.38. The van der Waals surface area contributed by atoms with Crippen LogP contribution in [-0.4, -0.2) is 13.7 Å². The Morgan fingerprint density at radius 2 is 1.41 bits per heavy atom. The summed E-state index contributed by atoms with van der Waals surface area (Å²) < 4.78 is 25.5. The number of aryl methyl sites for hydroxylation is 2. The van der Waals surface area contributed by atoms with E-state index in [1.807, 2.05) is 38.1 Å². The lowest BCUT2D eigenvalue weighted by molar-refractivity contribution is 0.593. The minimum atomic E-state index is -3.47. The van der Waals surface area contributed by atoms with Gasteiger partial charge in [-0.3, -0.25) is 0 Å². The quantitative estimate of drug-likeness (QED) is 0.873. The zero-order valence-corrected chi connectivity index (χ0v) is 13.3. The molecule has 0 saturated heterocycles. The molecule has 0 unspecified atom stereocenters. The van der Waals surface area contributed by atoms with E-state index in [0.717, 1.165) is 16.7 Å². The summed E-state index contributed by atoms with van der Waals surface area (Å²) in [5.74, 6) is -0.689. The zero-order chi connectivity index (χ0) is 15.9. The number of benzene rings is 2. The van der Waals surface area contributed by atoms with Gasteiger partial charge in [-0.15, -0.1) is 0 Å². The lowest BCUT2D eigenvalue weighted by Crippen LogP contribution is -2.10. The summed E-state index contributed by atoms with van der Waals surface area (Å²) in [5, 5.41) is 8.67. The highest BCUT2D eigenvalue weighted by molar-refractivity contribution is 7.92. The first-order chi connectivity index (χ1) is 10.4. The van der Waals surface area contributed by atoms with Gasteiger partial charge in [-0.05, 0) is 31.5 Å². The molecule has 2 aromatic carbocycles. The molecule has 0 radical (unpaired) electrons. The first-order valence-corrected chi connectivity index (χ1v) is 8.76. The molecule has 4 heteroatoms. The second-order valence-electron chi connectivity index (χ2n) is 5.91. The van der Waals surface area contributed by atoms with Crippen molar-refractivity contribution in [3.63, 3.8) is 0 Å². The van der Waals surface area contributed by atoms with Gasteiger partial charge in [0.05, 0.1) is 22.1 Å². The highest BCUT2D eigenvalue weighted by Gasteiger charge is 2.59. The van der Waals surface area contributed by atoms with Gasteiger partial charge < -0.3 is 0 Å². The third kappa shape index (κ3) is 2.42. The van der Waals surface area contributed by atoms with Crippen LogP contribution in [0.2, 0.25) is 0 Å². The Morgan fingerprint density at radius 3 is 1.91 bits per heavy atom. The molecule has 3 nitrogen and oxygen atoms in total. The standard InChI is InChI=1S/C18H17NO2S/c1-12-3-7-14(8-4-12)17-16(11-19)18(17)22(20,21)15-9-5-13(2)6-10-15/h3-10,16-18H,1-2H3/t16-,17-,18-/m1/s1. The molecular weight excluding hydrogens is 294 g/mol. The lowest BCUT2D eigenvalue weighted by Gasteiger charge is -2.05. The van der Waals surface area contributed by atoms with Gasteiger partial charge in [-0.2, -0.15) is 5.26 Å². The molecule has 0 aliphatic heterocycles. The molecule has 2 aromatic rings. The topological polar surface area (TPSA) is 57.9 Å². The monoisotopic (exact) mass is 311 g/mol. The van der Waals surface area contributed by atoms with E-state index in [1.165, 1.54) is 0 Å². The molecule has 0 spiro atoms. The van der Waals surface area contributed by atoms with Crippen molar-refractivity contribution in [1.29, 1.82) is 5.26 Å². The molecule has 0 heterocycles. The van der Waals surface area contributed by atoms with Gasteiger partial charge in [0.2, 0.25) is 0 Å². The second kappa shape index (κ2) is 5.26. The third-order valence-electron chi connectivity index (χ3n) is 4.27. The Hall–Kier alpha value is -2.12. The number of nitriles is 1. The van der Waals surface area contributed by atoms with Gasteiger partial charge in [0.1, 0.15) is 0 Å². The van der Waals surface area contributed by atoms with E-state index in [-0.39, 0.29) is 5.92 Å². The van der Waals surface area contributed by atoms with Gasteiger partial charge in [-0.1, -0.05) is 47.5 Å². The first-order valence-electron chi connectivity index (χ1n) is 7.22.